The van der Waals surface area contributed by atoms with E-state index in [1.54, 1.807) is 0 Å². The molecule has 0 aromatic rings. The minimum absolute atomic E-state index is 0.0346. The standard InChI is InChI=1S/C13H27NO/c1-3-6-11(2)9-13(10-14)8-5-4-7-12(13)15/h11-12,15H,3-10,14H2,1-2H3. The normalized spacial score (nSPS) is 34.0. The third-order valence-electron chi connectivity index (χ3n) is 4.05. The second kappa shape index (κ2) is 5.86. The van der Waals surface area contributed by atoms with Gasteiger partial charge in [-0.05, 0) is 25.2 Å². The Bertz CT molecular complexity index is 183. The molecule has 2 nitrogen and oxygen atoms in total. The van der Waals surface area contributed by atoms with Gasteiger partial charge in [0.25, 0.3) is 0 Å². The molecule has 0 aromatic carbocycles. The zero-order chi connectivity index (χ0) is 11.3. The molecule has 90 valence electrons. The molecular formula is C13H27NO. The summed E-state index contributed by atoms with van der Waals surface area (Å²) in [6.45, 7) is 5.17. The minimum Gasteiger partial charge on any atom is -0.393 e. The van der Waals surface area contributed by atoms with Crippen LogP contribution >= 0.6 is 0 Å². The molecule has 0 radical (unpaired) electrons. The summed E-state index contributed by atoms with van der Waals surface area (Å²) in [7, 11) is 0. The smallest absolute Gasteiger partial charge is 0.0608 e. The third-order valence-corrected chi connectivity index (χ3v) is 4.05. The van der Waals surface area contributed by atoms with Crippen LogP contribution in [0.25, 0.3) is 0 Å². The van der Waals surface area contributed by atoms with Gasteiger partial charge >= 0.3 is 0 Å². The summed E-state index contributed by atoms with van der Waals surface area (Å²) >= 11 is 0. The van der Waals surface area contributed by atoms with E-state index < -0.39 is 0 Å². The van der Waals surface area contributed by atoms with Gasteiger partial charge < -0.3 is 10.8 Å². The van der Waals surface area contributed by atoms with Crippen LogP contribution in [0.4, 0.5) is 0 Å². The van der Waals surface area contributed by atoms with Crippen LogP contribution in [0.3, 0.4) is 0 Å². The van der Waals surface area contributed by atoms with Crippen LogP contribution < -0.4 is 5.73 Å². The van der Waals surface area contributed by atoms with E-state index in [-0.39, 0.29) is 11.5 Å². The minimum atomic E-state index is -0.157. The van der Waals surface area contributed by atoms with Gasteiger partial charge in [-0.15, -0.1) is 0 Å². The fourth-order valence-electron chi connectivity index (χ4n) is 3.14. The van der Waals surface area contributed by atoms with Crippen LogP contribution in [-0.2, 0) is 0 Å². The Labute approximate surface area is 94.2 Å². The third kappa shape index (κ3) is 3.18. The lowest BCUT2D eigenvalue weighted by Crippen LogP contribution is -2.45. The van der Waals surface area contributed by atoms with Crippen molar-refractivity contribution in [1.29, 1.82) is 0 Å². The van der Waals surface area contributed by atoms with E-state index in [1.807, 2.05) is 0 Å². The quantitative estimate of drug-likeness (QED) is 0.737. The zero-order valence-corrected chi connectivity index (χ0v) is 10.3. The van der Waals surface area contributed by atoms with Gasteiger partial charge in [0.15, 0.2) is 0 Å². The lowest BCUT2D eigenvalue weighted by molar-refractivity contribution is -0.0214. The molecule has 1 rings (SSSR count). The average Bonchev–Trinajstić information content (AvgIpc) is 2.22. The largest absolute Gasteiger partial charge is 0.393 e. The van der Waals surface area contributed by atoms with E-state index in [0.717, 1.165) is 19.3 Å². The van der Waals surface area contributed by atoms with Crippen LogP contribution in [0.15, 0.2) is 0 Å². The predicted molar refractivity (Wildman–Crippen MR) is 64.7 cm³/mol. The van der Waals surface area contributed by atoms with Gasteiger partial charge in [-0.3, -0.25) is 0 Å². The second-order valence-electron chi connectivity index (χ2n) is 5.43. The molecule has 0 amide bonds. The fourth-order valence-corrected chi connectivity index (χ4v) is 3.14. The molecule has 0 saturated heterocycles. The Morgan fingerprint density at radius 2 is 2.20 bits per heavy atom. The van der Waals surface area contributed by atoms with Crippen molar-refractivity contribution < 1.29 is 5.11 Å². The molecule has 2 heteroatoms. The summed E-state index contributed by atoms with van der Waals surface area (Å²) in [6.07, 6.45) is 7.94. The van der Waals surface area contributed by atoms with Crippen molar-refractivity contribution in [3.63, 3.8) is 0 Å². The highest BCUT2D eigenvalue weighted by atomic mass is 16.3. The molecule has 15 heavy (non-hydrogen) atoms. The Hall–Kier alpha value is -0.0800. The summed E-state index contributed by atoms with van der Waals surface area (Å²) in [5.74, 6) is 0.700. The van der Waals surface area contributed by atoms with Crippen molar-refractivity contribution in [3.05, 3.63) is 0 Å². The van der Waals surface area contributed by atoms with Crippen LogP contribution in [0.2, 0.25) is 0 Å². The maximum Gasteiger partial charge on any atom is 0.0608 e. The van der Waals surface area contributed by atoms with Gasteiger partial charge in [0, 0.05) is 12.0 Å². The topological polar surface area (TPSA) is 46.2 Å². The molecule has 1 fully saturated rings. The summed E-state index contributed by atoms with van der Waals surface area (Å²) in [4.78, 5) is 0. The molecule has 3 atom stereocenters. The monoisotopic (exact) mass is 213 g/mol. The van der Waals surface area contributed by atoms with Crippen molar-refractivity contribution in [2.45, 2.75) is 64.9 Å². The van der Waals surface area contributed by atoms with Crippen LogP contribution in [-0.4, -0.2) is 17.8 Å². The fraction of sp³-hybridized carbons (Fsp3) is 1.00. The van der Waals surface area contributed by atoms with E-state index in [0.29, 0.717) is 12.5 Å². The first-order valence-corrected chi connectivity index (χ1v) is 6.52. The van der Waals surface area contributed by atoms with E-state index >= 15 is 0 Å². The van der Waals surface area contributed by atoms with E-state index in [4.69, 9.17) is 5.73 Å². The van der Waals surface area contributed by atoms with Gasteiger partial charge in [0.2, 0.25) is 0 Å². The molecule has 0 aromatic heterocycles. The van der Waals surface area contributed by atoms with Crippen molar-refractivity contribution >= 4 is 0 Å². The van der Waals surface area contributed by atoms with Gasteiger partial charge in [-0.25, -0.2) is 0 Å². The molecule has 3 N–H and O–H groups in total. The van der Waals surface area contributed by atoms with Crippen molar-refractivity contribution in [3.8, 4) is 0 Å². The van der Waals surface area contributed by atoms with Gasteiger partial charge in [0.05, 0.1) is 6.10 Å². The molecule has 1 saturated carbocycles. The maximum absolute atomic E-state index is 10.2. The molecule has 1 aliphatic rings. The number of aliphatic hydroxyl groups excluding tert-OH is 1. The zero-order valence-electron chi connectivity index (χ0n) is 10.3. The summed E-state index contributed by atoms with van der Waals surface area (Å²) in [5.41, 5.74) is 5.95. The number of aliphatic hydroxyl groups is 1. The van der Waals surface area contributed by atoms with Crippen molar-refractivity contribution in [2.75, 3.05) is 6.54 Å². The molecule has 0 heterocycles. The van der Waals surface area contributed by atoms with E-state index in [1.165, 1.54) is 25.7 Å². The number of nitrogens with two attached hydrogens (primary N) is 1. The van der Waals surface area contributed by atoms with Crippen molar-refractivity contribution in [1.82, 2.24) is 0 Å². The lowest BCUT2D eigenvalue weighted by Gasteiger charge is -2.42. The summed E-state index contributed by atoms with van der Waals surface area (Å²) in [5, 5.41) is 10.2. The first-order valence-electron chi connectivity index (χ1n) is 6.52. The molecule has 0 bridgehead atoms. The molecule has 3 unspecified atom stereocenters. The highest BCUT2D eigenvalue weighted by Crippen LogP contribution is 2.41. The molecule has 0 spiro atoms. The van der Waals surface area contributed by atoms with Gasteiger partial charge in [0.1, 0.15) is 0 Å². The predicted octanol–water partition coefficient (Wildman–Crippen LogP) is 2.69. The van der Waals surface area contributed by atoms with Crippen LogP contribution in [0.1, 0.15) is 58.8 Å². The van der Waals surface area contributed by atoms with E-state index in [2.05, 4.69) is 13.8 Å². The molecule has 1 aliphatic carbocycles. The van der Waals surface area contributed by atoms with Crippen LogP contribution in [0, 0.1) is 11.3 Å². The molecule has 0 aliphatic heterocycles. The summed E-state index contributed by atoms with van der Waals surface area (Å²) < 4.78 is 0. The SMILES string of the molecule is CCCC(C)CC1(CN)CCCCC1O. The Kier molecular flexibility index (Phi) is 5.07. The van der Waals surface area contributed by atoms with Crippen molar-refractivity contribution in [2.24, 2.45) is 17.1 Å². The second-order valence-corrected chi connectivity index (χ2v) is 5.43. The Morgan fingerprint density at radius 3 is 2.73 bits per heavy atom. The lowest BCUT2D eigenvalue weighted by atomic mass is 9.67. The number of hydrogen-bond acceptors (Lipinski definition) is 2. The van der Waals surface area contributed by atoms with Gasteiger partial charge in [-0.1, -0.05) is 39.5 Å². The maximum atomic E-state index is 10.2. The Balaban J connectivity index is 2.57. The highest BCUT2D eigenvalue weighted by Gasteiger charge is 2.39. The van der Waals surface area contributed by atoms with E-state index in [9.17, 15) is 5.11 Å². The first-order chi connectivity index (χ1) is 7.14. The number of hydrogen-bond donors (Lipinski definition) is 2. The molecular weight excluding hydrogens is 186 g/mol. The average molecular weight is 213 g/mol. The first kappa shape index (κ1) is 13.0. The van der Waals surface area contributed by atoms with Gasteiger partial charge in [-0.2, -0.15) is 0 Å². The van der Waals surface area contributed by atoms with Crippen LogP contribution in [0.5, 0.6) is 0 Å². The Morgan fingerprint density at radius 1 is 1.47 bits per heavy atom. The highest BCUT2D eigenvalue weighted by molar-refractivity contribution is 4.91. The summed E-state index contributed by atoms with van der Waals surface area (Å²) in [6, 6.07) is 0. The number of rotatable bonds is 5.